The normalized spacial score (nSPS) is 22.4. The zero-order chi connectivity index (χ0) is 23.6. The summed E-state index contributed by atoms with van der Waals surface area (Å²) in [6, 6.07) is 13.6. The molecule has 33 heavy (non-hydrogen) atoms. The predicted molar refractivity (Wildman–Crippen MR) is 112 cm³/mol. The summed E-state index contributed by atoms with van der Waals surface area (Å²) in [6.07, 6.45) is -2.09. The summed E-state index contributed by atoms with van der Waals surface area (Å²) in [5, 5.41) is 12.0. The van der Waals surface area contributed by atoms with Crippen molar-refractivity contribution >= 4 is 11.8 Å². The number of nitrogens with zero attached hydrogens (tertiary/aromatic N) is 2. The summed E-state index contributed by atoms with van der Waals surface area (Å²) in [5.41, 5.74) is 1.72. The minimum Gasteiger partial charge on any atom is -0.406 e. The van der Waals surface area contributed by atoms with Crippen molar-refractivity contribution in [2.45, 2.75) is 50.7 Å². The van der Waals surface area contributed by atoms with Crippen LogP contribution in [0.4, 0.5) is 13.2 Å². The first-order valence-corrected chi connectivity index (χ1v) is 10.7. The highest BCUT2D eigenvalue weighted by Gasteiger charge is 2.45. The number of nitrogens with one attached hydrogen (secondary N) is 1. The number of carbonyl (C=O) groups excluding carboxylic acids is 2. The van der Waals surface area contributed by atoms with Crippen LogP contribution in [0.2, 0.25) is 0 Å². The van der Waals surface area contributed by atoms with E-state index < -0.39 is 12.4 Å². The van der Waals surface area contributed by atoms with Gasteiger partial charge in [0.2, 0.25) is 5.91 Å². The zero-order valence-electron chi connectivity index (χ0n) is 17.6. The fraction of sp³-hybridized carbons (Fsp3) is 0.375. The van der Waals surface area contributed by atoms with Gasteiger partial charge in [-0.05, 0) is 55.0 Å². The van der Waals surface area contributed by atoms with Crippen molar-refractivity contribution in [3.8, 4) is 11.8 Å². The molecular weight excluding hydrogens is 435 g/mol. The molecule has 1 N–H and O–H groups in total. The van der Waals surface area contributed by atoms with Gasteiger partial charge in [-0.15, -0.1) is 13.2 Å². The Kier molecular flexibility index (Phi) is 6.27. The molecule has 172 valence electrons. The topological polar surface area (TPSA) is 82.4 Å². The van der Waals surface area contributed by atoms with Gasteiger partial charge in [-0.25, -0.2) is 0 Å². The lowest BCUT2D eigenvalue weighted by Crippen LogP contribution is -2.45. The van der Waals surface area contributed by atoms with Gasteiger partial charge < -0.3 is 15.0 Å². The number of halogens is 3. The number of hydrogen-bond donors (Lipinski definition) is 1. The van der Waals surface area contributed by atoms with Crippen molar-refractivity contribution in [2.75, 3.05) is 0 Å². The molecule has 9 heteroatoms. The maximum absolute atomic E-state index is 13.2. The van der Waals surface area contributed by atoms with Gasteiger partial charge in [0.25, 0.3) is 5.91 Å². The fourth-order valence-corrected chi connectivity index (χ4v) is 4.56. The van der Waals surface area contributed by atoms with Crippen LogP contribution in [-0.2, 0) is 11.3 Å². The second kappa shape index (κ2) is 9.14. The number of rotatable bonds is 5. The van der Waals surface area contributed by atoms with Crippen LogP contribution in [0, 0.1) is 17.2 Å². The van der Waals surface area contributed by atoms with E-state index >= 15 is 0 Å². The van der Waals surface area contributed by atoms with Crippen molar-refractivity contribution in [3.63, 3.8) is 0 Å². The van der Waals surface area contributed by atoms with Gasteiger partial charge in [0.15, 0.2) is 0 Å². The Morgan fingerprint density at radius 2 is 1.76 bits per heavy atom. The molecule has 2 aliphatic rings. The van der Waals surface area contributed by atoms with E-state index in [9.17, 15) is 22.8 Å². The average Bonchev–Trinajstić information content (AvgIpc) is 3.10. The lowest BCUT2D eigenvalue weighted by Gasteiger charge is -2.36. The molecule has 1 saturated carbocycles. The van der Waals surface area contributed by atoms with Gasteiger partial charge in [-0.1, -0.05) is 30.3 Å². The Morgan fingerprint density at radius 1 is 1.09 bits per heavy atom. The van der Waals surface area contributed by atoms with Crippen LogP contribution in [-0.4, -0.2) is 29.1 Å². The van der Waals surface area contributed by atoms with E-state index in [-0.39, 0.29) is 36.1 Å². The smallest absolute Gasteiger partial charge is 0.406 e. The first-order chi connectivity index (χ1) is 15.8. The van der Waals surface area contributed by atoms with Crippen LogP contribution in [0.5, 0.6) is 5.75 Å². The van der Waals surface area contributed by atoms with Gasteiger partial charge in [0.1, 0.15) is 11.8 Å². The minimum absolute atomic E-state index is 0.0297. The lowest BCUT2D eigenvalue weighted by atomic mass is 9.86. The van der Waals surface area contributed by atoms with E-state index in [4.69, 9.17) is 5.26 Å². The quantitative estimate of drug-likeness (QED) is 0.718. The molecule has 0 bridgehead atoms. The summed E-state index contributed by atoms with van der Waals surface area (Å²) in [5.74, 6) is -0.920. The van der Waals surface area contributed by atoms with E-state index in [2.05, 4.69) is 16.1 Å². The number of amides is 2. The van der Waals surface area contributed by atoms with Crippen LogP contribution in [0.1, 0.15) is 53.2 Å². The largest absolute Gasteiger partial charge is 0.573 e. The third-order valence-electron chi connectivity index (χ3n) is 6.14. The molecule has 1 fully saturated rings. The van der Waals surface area contributed by atoms with E-state index in [0.29, 0.717) is 42.4 Å². The third kappa shape index (κ3) is 4.95. The molecule has 0 spiro atoms. The second-order valence-electron chi connectivity index (χ2n) is 8.25. The van der Waals surface area contributed by atoms with Crippen molar-refractivity contribution in [2.24, 2.45) is 5.92 Å². The number of benzene rings is 2. The molecule has 0 saturated heterocycles. The molecule has 0 radical (unpaired) electrons. The van der Waals surface area contributed by atoms with Crippen LogP contribution >= 0.6 is 0 Å². The van der Waals surface area contributed by atoms with Gasteiger partial charge in [-0.3, -0.25) is 9.59 Å². The summed E-state index contributed by atoms with van der Waals surface area (Å²) < 4.78 is 40.8. The van der Waals surface area contributed by atoms with E-state index in [1.807, 2.05) is 0 Å². The van der Waals surface area contributed by atoms with E-state index in [1.54, 1.807) is 29.2 Å². The molecule has 0 aromatic heterocycles. The summed E-state index contributed by atoms with van der Waals surface area (Å²) >= 11 is 0. The summed E-state index contributed by atoms with van der Waals surface area (Å²) in [6.45, 7) is 0.0903. The molecule has 1 unspecified atom stereocenters. The first kappa shape index (κ1) is 22.6. The average molecular weight is 457 g/mol. The van der Waals surface area contributed by atoms with Crippen LogP contribution in [0.25, 0.3) is 0 Å². The number of hydrogen-bond acceptors (Lipinski definition) is 4. The van der Waals surface area contributed by atoms with Gasteiger partial charge in [-0.2, -0.15) is 5.26 Å². The summed E-state index contributed by atoms with van der Waals surface area (Å²) in [4.78, 5) is 28.0. The molecule has 1 atom stereocenters. The highest BCUT2D eigenvalue weighted by molar-refractivity contribution is 6.04. The first-order valence-electron chi connectivity index (χ1n) is 10.7. The number of carbonyl (C=O) groups is 2. The zero-order valence-corrected chi connectivity index (χ0v) is 17.6. The molecule has 2 amide bonds. The maximum Gasteiger partial charge on any atom is 0.573 e. The van der Waals surface area contributed by atoms with Crippen molar-refractivity contribution in [1.29, 1.82) is 5.26 Å². The Bertz CT molecular complexity index is 1070. The lowest BCUT2D eigenvalue weighted by molar-refractivity contribution is -0.274. The Labute approximate surface area is 188 Å². The molecule has 2 aromatic carbocycles. The molecule has 2 aromatic rings. The standard InChI is InChI=1S/C24H22F3N3O3/c25-24(26,27)33-18-11-7-16(8-12-18)14-29-22(31)21-19-3-1-2-4-20(19)23(32)30(21)17-9-5-15(13-28)6-10-17/h1-4,7-8,11-12,15,17,21H,5-6,9-10,14H2,(H,29,31). The number of alkyl halides is 3. The van der Waals surface area contributed by atoms with E-state index in [0.717, 1.165) is 0 Å². The summed E-state index contributed by atoms with van der Waals surface area (Å²) in [7, 11) is 0. The molecule has 6 nitrogen and oxygen atoms in total. The number of fused-ring (bicyclic) bond motifs is 1. The monoisotopic (exact) mass is 457 g/mol. The van der Waals surface area contributed by atoms with Crippen molar-refractivity contribution < 1.29 is 27.5 Å². The number of ether oxygens (including phenoxy) is 1. The third-order valence-corrected chi connectivity index (χ3v) is 6.14. The molecule has 1 aliphatic carbocycles. The maximum atomic E-state index is 13.2. The predicted octanol–water partition coefficient (Wildman–Crippen LogP) is 4.48. The van der Waals surface area contributed by atoms with Crippen molar-refractivity contribution in [1.82, 2.24) is 10.2 Å². The van der Waals surface area contributed by atoms with Crippen LogP contribution in [0.15, 0.2) is 48.5 Å². The molecular formula is C24H22F3N3O3. The molecule has 1 aliphatic heterocycles. The molecule has 1 heterocycles. The fourth-order valence-electron chi connectivity index (χ4n) is 4.56. The second-order valence-corrected chi connectivity index (χ2v) is 8.25. The SMILES string of the molecule is N#CC1CCC(N2C(=O)c3ccccc3C2C(=O)NCc2ccc(OC(F)(F)F)cc2)CC1. The Balaban J connectivity index is 1.48. The van der Waals surface area contributed by atoms with Gasteiger partial charge in [0.05, 0.1) is 6.07 Å². The highest BCUT2D eigenvalue weighted by Crippen LogP contribution is 2.39. The highest BCUT2D eigenvalue weighted by atomic mass is 19.4. The minimum atomic E-state index is -4.77. The van der Waals surface area contributed by atoms with Crippen LogP contribution in [0.3, 0.4) is 0 Å². The van der Waals surface area contributed by atoms with Gasteiger partial charge in [0, 0.05) is 24.1 Å². The van der Waals surface area contributed by atoms with Crippen LogP contribution < -0.4 is 10.1 Å². The number of nitriles is 1. The van der Waals surface area contributed by atoms with E-state index in [1.165, 1.54) is 24.3 Å². The Hall–Kier alpha value is -3.54. The Morgan fingerprint density at radius 3 is 2.39 bits per heavy atom. The van der Waals surface area contributed by atoms with Crippen molar-refractivity contribution in [3.05, 3.63) is 65.2 Å². The molecule has 4 rings (SSSR count). The van der Waals surface area contributed by atoms with Gasteiger partial charge >= 0.3 is 6.36 Å².